The lowest BCUT2D eigenvalue weighted by Crippen LogP contribution is -2.41. The standard InChI is InChI=1S/C16H22BF2NO3S/c1-15(2)16(3,4)23-17(22-15)11-9-12(18)14(13(19)10-11)20-24(21)7-5-6-8-24/h9-10H,5-8H2,1-4H3. The van der Waals surface area contributed by atoms with E-state index in [1.165, 1.54) is 0 Å². The number of halogens is 2. The van der Waals surface area contributed by atoms with Gasteiger partial charge in [0.05, 0.1) is 20.9 Å². The van der Waals surface area contributed by atoms with Crippen molar-refractivity contribution in [2.45, 2.75) is 51.7 Å². The summed E-state index contributed by atoms with van der Waals surface area (Å²) in [5.41, 5.74) is -1.40. The van der Waals surface area contributed by atoms with Gasteiger partial charge in [0.15, 0.2) is 11.6 Å². The van der Waals surface area contributed by atoms with Crippen LogP contribution < -0.4 is 5.46 Å². The van der Waals surface area contributed by atoms with E-state index in [9.17, 15) is 13.0 Å². The summed E-state index contributed by atoms with van der Waals surface area (Å²) in [5, 5.41) is 0. The second kappa shape index (κ2) is 5.78. The predicted molar refractivity (Wildman–Crippen MR) is 91.3 cm³/mol. The van der Waals surface area contributed by atoms with Crippen LogP contribution in [0.2, 0.25) is 0 Å². The van der Waals surface area contributed by atoms with E-state index >= 15 is 0 Å². The van der Waals surface area contributed by atoms with Crippen LogP contribution in [0.3, 0.4) is 0 Å². The molecule has 0 aromatic heterocycles. The SMILES string of the molecule is CC1(C)OB(c2cc(F)c(N=S3(=O)CCCC3)c(F)c2)OC1(C)C. The molecule has 0 N–H and O–H groups in total. The number of nitrogens with zero attached hydrogens (tertiary/aromatic N) is 1. The van der Waals surface area contributed by atoms with Gasteiger partial charge in [0.2, 0.25) is 0 Å². The van der Waals surface area contributed by atoms with E-state index < -0.39 is 45.4 Å². The number of hydrogen-bond donors (Lipinski definition) is 0. The summed E-state index contributed by atoms with van der Waals surface area (Å²) in [5.74, 6) is -0.890. The highest BCUT2D eigenvalue weighted by atomic mass is 32.2. The van der Waals surface area contributed by atoms with Crippen LogP contribution in [0.5, 0.6) is 0 Å². The molecule has 0 atom stereocenters. The van der Waals surface area contributed by atoms with Crippen molar-refractivity contribution in [3.8, 4) is 0 Å². The maximum Gasteiger partial charge on any atom is 0.495 e. The highest BCUT2D eigenvalue weighted by Crippen LogP contribution is 2.37. The Morgan fingerprint density at radius 3 is 1.96 bits per heavy atom. The maximum atomic E-state index is 14.4. The molecule has 0 radical (unpaired) electrons. The molecule has 0 bridgehead atoms. The van der Waals surface area contributed by atoms with Crippen molar-refractivity contribution in [2.75, 3.05) is 11.5 Å². The van der Waals surface area contributed by atoms with Gasteiger partial charge in [-0.05, 0) is 58.1 Å². The van der Waals surface area contributed by atoms with E-state index in [2.05, 4.69) is 4.36 Å². The Morgan fingerprint density at radius 2 is 1.50 bits per heavy atom. The molecule has 1 aromatic carbocycles. The minimum atomic E-state index is -2.54. The summed E-state index contributed by atoms with van der Waals surface area (Å²) in [6.07, 6.45) is 1.55. The first-order valence-corrected chi connectivity index (χ1v) is 9.95. The Hall–Kier alpha value is -0.985. The summed E-state index contributed by atoms with van der Waals surface area (Å²) in [6, 6.07) is 2.31. The first-order valence-electron chi connectivity index (χ1n) is 8.10. The molecule has 2 aliphatic rings. The van der Waals surface area contributed by atoms with Gasteiger partial charge in [-0.1, -0.05) is 0 Å². The normalized spacial score (nSPS) is 24.3. The van der Waals surface area contributed by atoms with Gasteiger partial charge in [0.25, 0.3) is 0 Å². The van der Waals surface area contributed by atoms with E-state index in [4.69, 9.17) is 9.31 Å². The van der Waals surface area contributed by atoms with E-state index in [0.717, 1.165) is 25.0 Å². The molecule has 0 amide bonds. The van der Waals surface area contributed by atoms with Crippen LogP contribution in [0.25, 0.3) is 0 Å². The molecule has 0 saturated carbocycles. The third-order valence-corrected chi connectivity index (χ3v) is 7.37. The van der Waals surface area contributed by atoms with E-state index in [0.29, 0.717) is 11.5 Å². The quantitative estimate of drug-likeness (QED) is 0.764. The fourth-order valence-corrected chi connectivity index (χ4v) is 5.01. The summed E-state index contributed by atoms with van der Waals surface area (Å²) in [4.78, 5) is 0. The molecule has 24 heavy (non-hydrogen) atoms. The molecule has 1 aromatic rings. The largest absolute Gasteiger partial charge is 0.495 e. The van der Waals surface area contributed by atoms with Gasteiger partial charge in [-0.25, -0.2) is 13.0 Å². The molecule has 3 rings (SSSR count). The lowest BCUT2D eigenvalue weighted by Gasteiger charge is -2.32. The molecule has 132 valence electrons. The van der Waals surface area contributed by atoms with Gasteiger partial charge in [0.1, 0.15) is 5.69 Å². The topological polar surface area (TPSA) is 47.9 Å². The Balaban J connectivity index is 1.96. The van der Waals surface area contributed by atoms with Crippen LogP contribution in [0.4, 0.5) is 14.5 Å². The molecule has 0 aliphatic carbocycles. The summed E-state index contributed by atoms with van der Waals surface area (Å²) in [7, 11) is -3.39. The van der Waals surface area contributed by atoms with E-state index in [1.807, 2.05) is 27.7 Å². The summed E-state index contributed by atoms with van der Waals surface area (Å²) in [6.45, 7) is 7.48. The van der Waals surface area contributed by atoms with Gasteiger partial charge < -0.3 is 9.31 Å². The smallest absolute Gasteiger partial charge is 0.399 e. The predicted octanol–water partition coefficient (Wildman–Crippen LogP) is 3.16. The van der Waals surface area contributed by atoms with Crippen molar-refractivity contribution in [2.24, 2.45) is 4.36 Å². The maximum absolute atomic E-state index is 14.4. The highest BCUT2D eigenvalue weighted by Gasteiger charge is 2.52. The van der Waals surface area contributed by atoms with Crippen LogP contribution >= 0.6 is 0 Å². The molecule has 0 spiro atoms. The van der Waals surface area contributed by atoms with Crippen molar-refractivity contribution < 1.29 is 22.3 Å². The van der Waals surface area contributed by atoms with Gasteiger partial charge in [0, 0.05) is 11.5 Å². The van der Waals surface area contributed by atoms with E-state index in [-0.39, 0.29) is 5.46 Å². The van der Waals surface area contributed by atoms with Gasteiger partial charge in [-0.15, -0.1) is 0 Å². The van der Waals surface area contributed by atoms with Crippen molar-refractivity contribution >= 4 is 28.0 Å². The minimum absolute atomic E-state index is 0.254. The zero-order valence-corrected chi connectivity index (χ0v) is 15.2. The molecular weight excluding hydrogens is 335 g/mol. The van der Waals surface area contributed by atoms with Crippen LogP contribution in [-0.2, 0) is 19.0 Å². The fraction of sp³-hybridized carbons (Fsp3) is 0.625. The van der Waals surface area contributed by atoms with Crippen molar-refractivity contribution in [3.05, 3.63) is 23.8 Å². The average molecular weight is 357 g/mol. The second-order valence-electron chi connectivity index (χ2n) is 7.40. The van der Waals surface area contributed by atoms with Gasteiger partial charge in [-0.2, -0.15) is 4.36 Å². The molecule has 0 unspecified atom stereocenters. The Kier molecular flexibility index (Phi) is 4.29. The first kappa shape index (κ1) is 17.8. The highest BCUT2D eigenvalue weighted by molar-refractivity contribution is 7.93. The van der Waals surface area contributed by atoms with E-state index in [1.54, 1.807) is 0 Å². The first-order chi connectivity index (χ1) is 11.0. The van der Waals surface area contributed by atoms with Crippen LogP contribution in [0, 0.1) is 11.6 Å². The molecule has 2 aliphatic heterocycles. The summed E-state index contributed by atoms with van der Waals surface area (Å²) >= 11 is 0. The zero-order valence-electron chi connectivity index (χ0n) is 14.4. The average Bonchev–Trinajstić information content (AvgIpc) is 2.96. The lowest BCUT2D eigenvalue weighted by atomic mass is 9.79. The second-order valence-corrected chi connectivity index (χ2v) is 9.94. The molecule has 4 nitrogen and oxygen atoms in total. The number of benzene rings is 1. The Labute approximate surface area is 142 Å². The zero-order chi connectivity index (χ0) is 17.8. The molecule has 2 saturated heterocycles. The monoisotopic (exact) mass is 357 g/mol. The van der Waals surface area contributed by atoms with Crippen molar-refractivity contribution in [1.29, 1.82) is 0 Å². The van der Waals surface area contributed by atoms with Gasteiger partial charge in [-0.3, -0.25) is 0 Å². The fourth-order valence-electron chi connectivity index (χ4n) is 2.80. The molecule has 2 heterocycles. The molecule has 8 heteroatoms. The van der Waals surface area contributed by atoms with Crippen LogP contribution in [0.15, 0.2) is 16.5 Å². The summed E-state index contributed by atoms with van der Waals surface area (Å²) < 4.78 is 56.8. The Bertz CT molecular complexity index is 737. The van der Waals surface area contributed by atoms with Crippen LogP contribution in [0.1, 0.15) is 40.5 Å². The van der Waals surface area contributed by atoms with Gasteiger partial charge >= 0.3 is 7.12 Å². The lowest BCUT2D eigenvalue weighted by molar-refractivity contribution is 0.00578. The number of rotatable bonds is 2. The molecule has 2 fully saturated rings. The minimum Gasteiger partial charge on any atom is -0.399 e. The van der Waals surface area contributed by atoms with Crippen LogP contribution in [-0.4, -0.2) is 34.0 Å². The Morgan fingerprint density at radius 1 is 1.04 bits per heavy atom. The molecular formula is C16H22BF2NO3S. The van der Waals surface area contributed by atoms with Crippen molar-refractivity contribution in [3.63, 3.8) is 0 Å². The van der Waals surface area contributed by atoms with Crippen molar-refractivity contribution in [1.82, 2.24) is 0 Å². The number of hydrogen-bond acceptors (Lipinski definition) is 4. The third kappa shape index (κ3) is 3.11. The third-order valence-electron chi connectivity index (χ3n) is 5.00.